The maximum Gasteiger partial charge on any atom is 0.269 e. The number of nitro benzene ring substituents is 1. The largest absolute Gasteiger partial charge is 0.298 e. The van der Waals surface area contributed by atoms with E-state index in [1.807, 2.05) is 0 Å². The van der Waals surface area contributed by atoms with Gasteiger partial charge in [0.25, 0.3) is 5.69 Å². The Balaban J connectivity index is 3.18. The smallest absolute Gasteiger partial charge is 0.269 e. The van der Waals surface area contributed by atoms with E-state index < -0.39 is 16.4 Å². The number of aldehydes is 1. The van der Waals surface area contributed by atoms with Crippen molar-refractivity contribution in [2.75, 3.05) is 0 Å². The predicted molar refractivity (Wildman–Crippen MR) is 49.2 cm³/mol. The Morgan fingerprint density at radius 2 is 1.93 bits per heavy atom. The number of hydrogen-bond acceptors (Lipinski definition) is 5. The summed E-state index contributed by atoms with van der Waals surface area (Å²) in [5, 5.41) is 20.6. The van der Waals surface area contributed by atoms with Gasteiger partial charge < -0.3 is 0 Å². The van der Waals surface area contributed by atoms with Crippen LogP contribution in [-0.2, 0) is 6.54 Å². The molecule has 1 aromatic rings. The van der Waals surface area contributed by atoms with Crippen LogP contribution in [0.5, 0.6) is 0 Å². The molecule has 1 aromatic carbocycles. The first-order valence-electron chi connectivity index (χ1n) is 3.89. The number of non-ortho nitro benzene ring substituents is 1. The molecule has 0 N–H and O–H groups in total. The lowest BCUT2D eigenvalue weighted by Gasteiger charge is -1.99. The topological polar surface area (TPSA) is 103 Å². The van der Waals surface area contributed by atoms with Crippen molar-refractivity contribution in [3.8, 4) is 0 Å². The summed E-state index contributed by atoms with van der Waals surface area (Å²) < 4.78 is 0. The van der Waals surface area contributed by atoms with Gasteiger partial charge in [0.1, 0.15) is 0 Å². The second-order valence-corrected chi connectivity index (χ2v) is 2.75. The first kappa shape index (κ1) is 10.8. The van der Waals surface area contributed by atoms with Gasteiger partial charge in [-0.2, -0.15) is 0 Å². The van der Waals surface area contributed by atoms with Crippen LogP contribution in [0.1, 0.15) is 15.9 Å². The third kappa shape index (κ3) is 2.56. The molecule has 0 aliphatic carbocycles. The van der Waals surface area contributed by atoms with Crippen molar-refractivity contribution < 1.29 is 14.6 Å². The fraction of sp³-hybridized carbons (Fsp3) is 0.125. The summed E-state index contributed by atoms with van der Waals surface area (Å²) in [6.45, 7) is -0.601. The Hall–Kier alpha value is -2.31. The third-order valence-electron chi connectivity index (χ3n) is 1.76. The summed E-state index contributed by atoms with van der Waals surface area (Å²) >= 11 is 0. The molecule has 0 spiro atoms. The summed E-state index contributed by atoms with van der Waals surface area (Å²) in [7, 11) is 0. The molecule has 15 heavy (non-hydrogen) atoms. The number of carbonyl (C=O) groups excluding carboxylic acids is 1. The highest BCUT2D eigenvalue weighted by atomic mass is 16.6. The van der Waals surface area contributed by atoms with E-state index in [4.69, 9.17) is 0 Å². The van der Waals surface area contributed by atoms with Crippen LogP contribution in [0.4, 0.5) is 5.69 Å². The van der Waals surface area contributed by atoms with E-state index in [0.29, 0.717) is 6.29 Å². The summed E-state index contributed by atoms with van der Waals surface area (Å²) in [6.07, 6.45) is 0.433. The van der Waals surface area contributed by atoms with Gasteiger partial charge in [-0.05, 0) is 6.07 Å². The number of nitrogens with zero attached hydrogens (tertiary/aromatic N) is 2. The van der Waals surface area contributed by atoms with Gasteiger partial charge in [-0.15, -0.1) is 0 Å². The van der Waals surface area contributed by atoms with Crippen LogP contribution in [-0.4, -0.2) is 16.1 Å². The molecule has 1 rings (SSSR count). The zero-order valence-electron chi connectivity index (χ0n) is 7.45. The Morgan fingerprint density at radius 1 is 1.27 bits per heavy atom. The molecule has 7 heteroatoms. The van der Waals surface area contributed by atoms with Crippen LogP contribution in [0.25, 0.3) is 0 Å². The van der Waals surface area contributed by atoms with Crippen LogP contribution in [0.15, 0.2) is 18.2 Å². The Bertz CT molecular complexity index is 429. The molecule has 7 nitrogen and oxygen atoms in total. The first-order chi connectivity index (χ1) is 7.04. The lowest BCUT2D eigenvalue weighted by Crippen LogP contribution is -2.03. The molecule has 0 bridgehead atoms. The van der Waals surface area contributed by atoms with Crippen molar-refractivity contribution in [2.24, 2.45) is 0 Å². The van der Waals surface area contributed by atoms with E-state index in [0.717, 1.165) is 12.1 Å². The van der Waals surface area contributed by atoms with Gasteiger partial charge in [-0.3, -0.25) is 25.0 Å². The van der Waals surface area contributed by atoms with Crippen LogP contribution in [0, 0.1) is 20.2 Å². The van der Waals surface area contributed by atoms with Crippen molar-refractivity contribution in [1.82, 2.24) is 0 Å². The summed E-state index contributed by atoms with van der Waals surface area (Å²) in [5.41, 5.74) is -0.126. The predicted octanol–water partition coefficient (Wildman–Crippen LogP) is 1.18. The van der Waals surface area contributed by atoms with E-state index in [9.17, 15) is 25.0 Å². The van der Waals surface area contributed by atoms with Crippen molar-refractivity contribution in [1.29, 1.82) is 0 Å². The average molecular weight is 210 g/mol. The van der Waals surface area contributed by atoms with Crippen LogP contribution in [0.2, 0.25) is 0 Å². The van der Waals surface area contributed by atoms with Crippen molar-refractivity contribution in [3.05, 3.63) is 49.6 Å². The molecule has 0 amide bonds. The normalized spacial score (nSPS) is 9.60. The quantitative estimate of drug-likeness (QED) is 0.421. The van der Waals surface area contributed by atoms with E-state index in [2.05, 4.69) is 0 Å². The molecule has 0 heterocycles. The molecule has 0 atom stereocenters. The van der Waals surface area contributed by atoms with Crippen LogP contribution < -0.4 is 0 Å². The number of benzene rings is 1. The molecule has 0 saturated heterocycles. The van der Waals surface area contributed by atoms with Crippen LogP contribution in [0.3, 0.4) is 0 Å². The molecule has 0 unspecified atom stereocenters. The van der Waals surface area contributed by atoms with Gasteiger partial charge >= 0.3 is 0 Å². The molecule has 0 fully saturated rings. The fourth-order valence-electron chi connectivity index (χ4n) is 1.10. The minimum absolute atomic E-state index is 0.0456. The van der Waals surface area contributed by atoms with Crippen LogP contribution >= 0.6 is 0 Å². The second kappa shape index (κ2) is 4.27. The standard InChI is InChI=1S/C8H6N2O5/c11-5-6-1-2-8(10(14)15)3-7(6)4-9(12)13/h1-3,5H,4H2. The maximum atomic E-state index is 10.5. The van der Waals surface area contributed by atoms with E-state index in [1.165, 1.54) is 6.07 Å². The summed E-state index contributed by atoms with van der Waals surface area (Å²) in [4.78, 5) is 29.8. The molecule has 78 valence electrons. The highest BCUT2D eigenvalue weighted by molar-refractivity contribution is 5.77. The SMILES string of the molecule is O=Cc1ccc([N+](=O)[O-])cc1C[N+](=O)[O-]. The molecular weight excluding hydrogens is 204 g/mol. The maximum absolute atomic E-state index is 10.5. The monoisotopic (exact) mass is 210 g/mol. The zero-order valence-corrected chi connectivity index (χ0v) is 7.45. The van der Waals surface area contributed by atoms with Gasteiger partial charge in [-0.1, -0.05) is 0 Å². The average Bonchev–Trinajstić information content (AvgIpc) is 2.16. The number of nitro groups is 2. The van der Waals surface area contributed by atoms with Gasteiger partial charge in [0.15, 0.2) is 6.29 Å². The van der Waals surface area contributed by atoms with E-state index in [1.54, 1.807) is 0 Å². The van der Waals surface area contributed by atoms with Gasteiger partial charge in [-0.25, -0.2) is 0 Å². The molecule has 0 aliphatic rings. The minimum Gasteiger partial charge on any atom is -0.298 e. The highest BCUT2D eigenvalue weighted by Crippen LogP contribution is 2.17. The number of rotatable bonds is 4. The minimum atomic E-state index is -0.669. The summed E-state index contributed by atoms with van der Waals surface area (Å²) in [5.74, 6) is 0. The van der Waals surface area contributed by atoms with Gasteiger partial charge in [0.2, 0.25) is 6.54 Å². The molecule has 0 aliphatic heterocycles. The number of hydrogen-bond donors (Lipinski definition) is 0. The fourth-order valence-corrected chi connectivity index (χ4v) is 1.10. The highest BCUT2D eigenvalue weighted by Gasteiger charge is 2.13. The summed E-state index contributed by atoms with van der Waals surface area (Å²) in [6, 6.07) is 3.36. The first-order valence-corrected chi connectivity index (χ1v) is 3.89. The third-order valence-corrected chi connectivity index (χ3v) is 1.76. The number of carbonyl (C=O) groups is 1. The molecule has 0 radical (unpaired) electrons. The van der Waals surface area contributed by atoms with E-state index in [-0.39, 0.29) is 16.8 Å². The van der Waals surface area contributed by atoms with Gasteiger partial charge in [0, 0.05) is 28.2 Å². The Labute approximate surface area is 83.6 Å². The van der Waals surface area contributed by atoms with Crippen molar-refractivity contribution in [3.63, 3.8) is 0 Å². The van der Waals surface area contributed by atoms with Gasteiger partial charge in [0.05, 0.1) is 4.92 Å². The second-order valence-electron chi connectivity index (χ2n) is 2.75. The molecule has 0 saturated carbocycles. The van der Waals surface area contributed by atoms with E-state index >= 15 is 0 Å². The van der Waals surface area contributed by atoms with Crippen molar-refractivity contribution >= 4 is 12.0 Å². The lowest BCUT2D eigenvalue weighted by atomic mass is 10.1. The molecular formula is C8H6N2O5. The zero-order chi connectivity index (χ0) is 11.4. The molecule has 0 aromatic heterocycles. The lowest BCUT2D eigenvalue weighted by molar-refractivity contribution is -0.497. The Morgan fingerprint density at radius 3 is 2.40 bits per heavy atom. The Kier molecular flexibility index (Phi) is 3.06. The van der Waals surface area contributed by atoms with Crippen molar-refractivity contribution in [2.45, 2.75) is 6.54 Å².